The highest BCUT2D eigenvalue weighted by molar-refractivity contribution is 6.33. The number of halogens is 1. The van der Waals surface area contributed by atoms with Crippen molar-refractivity contribution < 1.29 is 9.53 Å². The molecule has 6 nitrogen and oxygen atoms in total. The number of carbonyl (C=O) groups is 1. The molecule has 1 aliphatic rings. The number of hydrogen-bond donors (Lipinski definition) is 1. The molecule has 2 aromatic heterocycles. The predicted octanol–water partition coefficient (Wildman–Crippen LogP) is 3.11. The van der Waals surface area contributed by atoms with Gasteiger partial charge in [-0.1, -0.05) is 29.8 Å². The zero-order valence-electron chi connectivity index (χ0n) is 14.9. The molecule has 0 aliphatic carbocycles. The molecular weight excluding hydrogens is 364 g/mol. The van der Waals surface area contributed by atoms with E-state index in [0.29, 0.717) is 16.4 Å². The number of ether oxygens (including phenoxy) is 1. The number of anilines is 1. The van der Waals surface area contributed by atoms with Gasteiger partial charge < -0.3 is 10.1 Å². The summed E-state index contributed by atoms with van der Waals surface area (Å²) in [4.78, 5) is 19.4. The summed E-state index contributed by atoms with van der Waals surface area (Å²) in [5.41, 5.74) is 2.98. The van der Waals surface area contributed by atoms with Gasteiger partial charge >= 0.3 is 0 Å². The highest BCUT2D eigenvalue weighted by atomic mass is 35.5. The lowest BCUT2D eigenvalue weighted by Crippen LogP contribution is -2.37. The Morgan fingerprint density at radius 1 is 1.19 bits per heavy atom. The lowest BCUT2D eigenvalue weighted by molar-refractivity contribution is 0.0384. The summed E-state index contributed by atoms with van der Waals surface area (Å²) in [7, 11) is 0. The summed E-state index contributed by atoms with van der Waals surface area (Å²) in [6.45, 7) is 4.52. The van der Waals surface area contributed by atoms with Crippen LogP contribution in [0.2, 0.25) is 5.02 Å². The lowest BCUT2D eigenvalue weighted by atomic mass is 10.2. The molecule has 0 radical (unpaired) electrons. The zero-order chi connectivity index (χ0) is 18.6. The van der Waals surface area contributed by atoms with E-state index in [1.807, 2.05) is 28.8 Å². The van der Waals surface area contributed by atoms with Crippen LogP contribution in [0.25, 0.3) is 5.65 Å². The molecule has 0 atom stereocenters. The molecule has 0 bridgehead atoms. The number of hydrogen-bond acceptors (Lipinski definition) is 4. The van der Waals surface area contributed by atoms with Gasteiger partial charge in [-0.2, -0.15) is 0 Å². The number of rotatable bonds is 5. The van der Waals surface area contributed by atoms with E-state index in [1.54, 1.807) is 18.3 Å². The van der Waals surface area contributed by atoms with Crippen LogP contribution in [0.4, 0.5) is 5.69 Å². The molecule has 1 N–H and O–H groups in total. The number of pyridine rings is 1. The molecule has 1 amide bonds. The van der Waals surface area contributed by atoms with E-state index in [1.165, 1.54) is 5.56 Å². The Labute approximate surface area is 162 Å². The number of nitrogens with zero attached hydrogens (tertiary/aromatic N) is 3. The van der Waals surface area contributed by atoms with E-state index >= 15 is 0 Å². The highest BCUT2D eigenvalue weighted by Gasteiger charge is 2.15. The number of carbonyl (C=O) groups excluding carboxylic acids is 1. The number of morpholine rings is 1. The van der Waals surface area contributed by atoms with Crippen molar-refractivity contribution in [2.24, 2.45) is 0 Å². The van der Waals surface area contributed by atoms with Crippen molar-refractivity contribution in [3.8, 4) is 0 Å². The van der Waals surface area contributed by atoms with Gasteiger partial charge in [0.15, 0.2) is 0 Å². The third kappa shape index (κ3) is 4.13. The zero-order valence-corrected chi connectivity index (χ0v) is 15.7. The Morgan fingerprint density at radius 2 is 2.00 bits per heavy atom. The number of nitrogens with one attached hydrogen (secondary N) is 1. The van der Waals surface area contributed by atoms with Gasteiger partial charge in [0.25, 0.3) is 5.91 Å². The van der Waals surface area contributed by atoms with Crippen molar-refractivity contribution in [1.82, 2.24) is 14.3 Å². The number of imidazole rings is 1. The topological polar surface area (TPSA) is 58.9 Å². The van der Waals surface area contributed by atoms with E-state index < -0.39 is 0 Å². The van der Waals surface area contributed by atoms with Crippen LogP contribution in [0, 0.1) is 0 Å². The Hall–Kier alpha value is -2.41. The van der Waals surface area contributed by atoms with Crippen molar-refractivity contribution in [3.05, 3.63) is 65.1 Å². The monoisotopic (exact) mass is 384 g/mol. The Kier molecular flexibility index (Phi) is 5.38. The molecule has 4 rings (SSSR count). The first-order valence-electron chi connectivity index (χ1n) is 9.03. The van der Waals surface area contributed by atoms with Crippen LogP contribution in [0.3, 0.4) is 0 Å². The van der Waals surface area contributed by atoms with Gasteiger partial charge in [-0.3, -0.25) is 14.1 Å². The molecule has 1 aromatic carbocycles. The number of fused-ring (bicyclic) bond motifs is 1. The minimum atomic E-state index is -0.235. The van der Waals surface area contributed by atoms with Gasteiger partial charge in [-0.05, 0) is 30.2 Å². The van der Waals surface area contributed by atoms with Crippen LogP contribution in [-0.2, 0) is 11.2 Å². The molecule has 3 aromatic rings. The van der Waals surface area contributed by atoms with E-state index in [4.69, 9.17) is 16.3 Å². The van der Waals surface area contributed by atoms with E-state index in [-0.39, 0.29) is 5.91 Å². The largest absolute Gasteiger partial charge is 0.379 e. The standard InChI is InChI=1S/C20H21ClN4O2/c21-16-3-1-2-4-17(16)23-20(26)18-13-22-19-6-5-15(14-25(18)19)7-8-24-9-11-27-12-10-24/h1-6,13-14H,7-12H2,(H,23,26). The van der Waals surface area contributed by atoms with Crippen LogP contribution < -0.4 is 5.32 Å². The number of amides is 1. The summed E-state index contributed by atoms with van der Waals surface area (Å²) in [5.74, 6) is -0.235. The van der Waals surface area contributed by atoms with Crippen LogP contribution in [0.15, 0.2) is 48.8 Å². The first-order chi connectivity index (χ1) is 13.2. The maximum Gasteiger partial charge on any atom is 0.274 e. The fourth-order valence-corrected chi connectivity index (χ4v) is 3.38. The minimum Gasteiger partial charge on any atom is -0.379 e. The maximum absolute atomic E-state index is 12.7. The highest BCUT2D eigenvalue weighted by Crippen LogP contribution is 2.21. The predicted molar refractivity (Wildman–Crippen MR) is 106 cm³/mol. The first kappa shape index (κ1) is 18.0. The minimum absolute atomic E-state index is 0.235. The Balaban J connectivity index is 1.51. The van der Waals surface area contributed by atoms with E-state index in [2.05, 4.69) is 21.3 Å². The van der Waals surface area contributed by atoms with Gasteiger partial charge in [0.05, 0.1) is 30.1 Å². The molecule has 1 aliphatic heterocycles. The molecule has 0 saturated carbocycles. The van der Waals surface area contributed by atoms with Crippen molar-refractivity contribution in [3.63, 3.8) is 0 Å². The molecule has 27 heavy (non-hydrogen) atoms. The SMILES string of the molecule is O=C(Nc1ccccc1Cl)c1cnc2ccc(CCN3CCOCC3)cn12. The lowest BCUT2D eigenvalue weighted by Gasteiger charge is -2.26. The third-order valence-electron chi connectivity index (χ3n) is 4.74. The van der Waals surface area contributed by atoms with Crippen molar-refractivity contribution >= 4 is 28.8 Å². The van der Waals surface area contributed by atoms with Crippen molar-refractivity contribution in [2.75, 3.05) is 38.2 Å². The molecule has 140 valence electrons. The van der Waals surface area contributed by atoms with Crippen molar-refractivity contribution in [1.29, 1.82) is 0 Å². The van der Waals surface area contributed by atoms with Crippen LogP contribution >= 0.6 is 11.6 Å². The number of para-hydroxylation sites is 1. The average molecular weight is 385 g/mol. The third-order valence-corrected chi connectivity index (χ3v) is 5.07. The summed E-state index contributed by atoms with van der Waals surface area (Å²) in [6, 6.07) is 11.2. The molecular formula is C20H21ClN4O2. The number of aromatic nitrogens is 2. The normalized spacial score (nSPS) is 15.1. The smallest absolute Gasteiger partial charge is 0.274 e. The van der Waals surface area contributed by atoms with Crippen LogP contribution in [-0.4, -0.2) is 53.0 Å². The molecule has 7 heteroatoms. The Bertz CT molecular complexity index is 950. The van der Waals surface area contributed by atoms with E-state index in [9.17, 15) is 4.79 Å². The van der Waals surface area contributed by atoms with Crippen molar-refractivity contribution in [2.45, 2.75) is 6.42 Å². The van der Waals surface area contributed by atoms with Gasteiger partial charge in [-0.25, -0.2) is 4.98 Å². The fraction of sp³-hybridized carbons (Fsp3) is 0.300. The number of benzene rings is 1. The van der Waals surface area contributed by atoms with Gasteiger partial charge in [0.2, 0.25) is 0 Å². The second kappa shape index (κ2) is 8.08. The molecule has 0 spiro atoms. The van der Waals surface area contributed by atoms with Gasteiger partial charge in [-0.15, -0.1) is 0 Å². The summed E-state index contributed by atoms with van der Waals surface area (Å²) in [5, 5.41) is 3.36. The summed E-state index contributed by atoms with van der Waals surface area (Å²) < 4.78 is 7.22. The molecule has 1 saturated heterocycles. The molecule has 3 heterocycles. The maximum atomic E-state index is 12.7. The molecule has 1 fully saturated rings. The van der Waals surface area contributed by atoms with E-state index in [0.717, 1.165) is 44.9 Å². The van der Waals surface area contributed by atoms with Gasteiger partial charge in [0.1, 0.15) is 11.3 Å². The van der Waals surface area contributed by atoms with Gasteiger partial charge in [0, 0.05) is 25.8 Å². The quantitative estimate of drug-likeness (QED) is 0.734. The summed E-state index contributed by atoms with van der Waals surface area (Å²) >= 11 is 6.14. The average Bonchev–Trinajstić information content (AvgIpc) is 3.12. The Morgan fingerprint density at radius 3 is 2.81 bits per heavy atom. The summed E-state index contributed by atoms with van der Waals surface area (Å²) in [6.07, 6.45) is 4.50. The van der Waals surface area contributed by atoms with Crippen LogP contribution in [0.1, 0.15) is 16.1 Å². The fourth-order valence-electron chi connectivity index (χ4n) is 3.20. The van der Waals surface area contributed by atoms with Crippen LogP contribution in [0.5, 0.6) is 0 Å². The second-order valence-electron chi connectivity index (χ2n) is 6.55. The first-order valence-corrected chi connectivity index (χ1v) is 9.40. The second-order valence-corrected chi connectivity index (χ2v) is 6.95. The molecule has 0 unspecified atom stereocenters.